The lowest BCUT2D eigenvalue weighted by Gasteiger charge is -2.23. The highest BCUT2D eigenvalue weighted by molar-refractivity contribution is 5.79. The van der Waals surface area contributed by atoms with Gasteiger partial charge in [-0.2, -0.15) is 0 Å². The molecule has 0 spiro atoms. The van der Waals surface area contributed by atoms with E-state index in [1.54, 1.807) is 0 Å². The summed E-state index contributed by atoms with van der Waals surface area (Å²) in [5.41, 5.74) is 1.28. The molecule has 1 amide bonds. The van der Waals surface area contributed by atoms with E-state index in [1.807, 2.05) is 17.8 Å². The minimum atomic E-state index is 0.247. The van der Waals surface area contributed by atoms with E-state index in [0.29, 0.717) is 5.92 Å². The van der Waals surface area contributed by atoms with Gasteiger partial charge in [-0.15, -0.1) is 0 Å². The molecule has 0 aromatic carbocycles. The number of carbonyl (C=O) groups excluding carboxylic acids is 1. The summed E-state index contributed by atoms with van der Waals surface area (Å²) in [5, 5.41) is 2.99. The zero-order valence-corrected chi connectivity index (χ0v) is 9.20. The van der Waals surface area contributed by atoms with Gasteiger partial charge in [-0.3, -0.25) is 4.79 Å². The minimum Gasteiger partial charge on any atom is -0.357 e. The van der Waals surface area contributed by atoms with Gasteiger partial charge in [0.1, 0.15) is 0 Å². The largest absolute Gasteiger partial charge is 0.357 e. The van der Waals surface area contributed by atoms with Gasteiger partial charge in [0, 0.05) is 31.9 Å². The molecule has 3 heteroatoms. The zero-order valence-electron chi connectivity index (χ0n) is 9.20. The molecular weight excluding hydrogens is 188 g/mol. The van der Waals surface area contributed by atoms with Gasteiger partial charge in [0.2, 0.25) is 5.91 Å². The van der Waals surface area contributed by atoms with Crippen LogP contribution in [0, 0.1) is 5.92 Å². The van der Waals surface area contributed by atoms with Crippen LogP contribution in [0.2, 0.25) is 0 Å². The molecule has 0 aliphatic heterocycles. The van der Waals surface area contributed by atoms with E-state index in [1.165, 1.54) is 12.0 Å². The predicted octanol–water partition coefficient (Wildman–Crippen LogP) is 1.48. The van der Waals surface area contributed by atoms with Crippen LogP contribution in [-0.4, -0.2) is 17.0 Å². The van der Waals surface area contributed by atoms with Crippen LogP contribution in [0.15, 0.2) is 18.5 Å². The van der Waals surface area contributed by atoms with E-state index in [2.05, 4.69) is 17.6 Å². The molecule has 3 nitrogen and oxygen atoms in total. The molecule has 1 aliphatic rings. The van der Waals surface area contributed by atoms with Crippen LogP contribution >= 0.6 is 0 Å². The minimum absolute atomic E-state index is 0.247. The average molecular weight is 206 g/mol. The van der Waals surface area contributed by atoms with E-state index in [-0.39, 0.29) is 5.91 Å². The third kappa shape index (κ3) is 2.61. The summed E-state index contributed by atoms with van der Waals surface area (Å²) in [6.45, 7) is 0.763. The topological polar surface area (TPSA) is 34.0 Å². The van der Waals surface area contributed by atoms with Gasteiger partial charge in [-0.25, -0.2) is 0 Å². The summed E-state index contributed by atoms with van der Waals surface area (Å²) in [6, 6.07) is 2.09. The first-order valence-electron chi connectivity index (χ1n) is 5.64. The van der Waals surface area contributed by atoms with Gasteiger partial charge < -0.3 is 9.88 Å². The van der Waals surface area contributed by atoms with Crippen molar-refractivity contribution in [2.75, 3.05) is 6.54 Å². The number of hydrogen-bond donors (Lipinski definition) is 1. The number of aromatic nitrogens is 1. The number of nitrogens with one attached hydrogen (secondary N) is 1. The Morgan fingerprint density at radius 1 is 1.60 bits per heavy atom. The third-order valence-electron chi connectivity index (χ3n) is 3.08. The Morgan fingerprint density at radius 2 is 2.40 bits per heavy atom. The summed E-state index contributed by atoms with van der Waals surface area (Å²) < 4.78 is 2.03. The monoisotopic (exact) mass is 206 g/mol. The second-order valence-corrected chi connectivity index (χ2v) is 4.35. The Balaban J connectivity index is 1.68. The maximum Gasteiger partial charge on any atom is 0.223 e. The second-order valence-electron chi connectivity index (χ2n) is 4.35. The molecule has 0 radical (unpaired) electrons. The summed E-state index contributed by atoms with van der Waals surface area (Å²) in [7, 11) is 2.01. The molecule has 0 unspecified atom stereocenters. The Morgan fingerprint density at radius 3 is 2.93 bits per heavy atom. The van der Waals surface area contributed by atoms with Crippen LogP contribution in [0.1, 0.15) is 24.8 Å². The van der Waals surface area contributed by atoms with Gasteiger partial charge in [0.25, 0.3) is 0 Å². The number of amides is 1. The molecule has 0 atom stereocenters. The summed E-state index contributed by atoms with van der Waals surface area (Å²) in [4.78, 5) is 11.5. The normalized spacial score (nSPS) is 16.1. The molecule has 1 heterocycles. The first-order chi connectivity index (χ1) is 7.25. The van der Waals surface area contributed by atoms with Crippen molar-refractivity contribution >= 4 is 5.91 Å². The van der Waals surface area contributed by atoms with Crippen molar-refractivity contribution in [3.05, 3.63) is 24.0 Å². The molecule has 1 aromatic rings. The molecule has 1 N–H and O–H groups in total. The lowest BCUT2D eigenvalue weighted by Crippen LogP contribution is -2.35. The third-order valence-corrected chi connectivity index (χ3v) is 3.08. The van der Waals surface area contributed by atoms with Crippen LogP contribution in [0.3, 0.4) is 0 Å². The fourth-order valence-electron chi connectivity index (χ4n) is 1.85. The van der Waals surface area contributed by atoms with Crippen molar-refractivity contribution in [3.8, 4) is 0 Å². The molecule has 15 heavy (non-hydrogen) atoms. The van der Waals surface area contributed by atoms with E-state index in [9.17, 15) is 4.79 Å². The lowest BCUT2D eigenvalue weighted by molar-refractivity contribution is -0.127. The van der Waals surface area contributed by atoms with E-state index in [4.69, 9.17) is 0 Å². The first kappa shape index (κ1) is 10.3. The highest BCUT2D eigenvalue weighted by Crippen LogP contribution is 2.25. The number of nitrogens with zero attached hydrogens (tertiary/aromatic N) is 1. The second kappa shape index (κ2) is 4.51. The Hall–Kier alpha value is -1.25. The van der Waals surface area contributed by atoms with Gasteiger partial charge in [0.05, 0.1) is 0 Å². The van der Waals surface area contributed by atoms with Gasteiger partial charge in [-0.1, -0.05) is 6.42 Å². The first-order valence-corrected chi connectivity index (χ1v) is 5.64. The number of rotatable bonds is 4. The Labute approximate surface area is 90.5 Å². The fraction of sp³-hybridized carbons (Fsp3) is 0.583. The summed E-state index contributed by atoms with van der Waals surface area (Å²) in [5.74, 6) is 0.554. The smallest absolute Gasteiger partial charge is 0.223 e. The quantitative estimate of drug-likeness (QED) is 0.795. The summed E-state index contributed by atoms with van der Waals surface area (Å²) >= 11 is 0. The van der Waals surface area contributed by atoms with Gasteiger partial charge >= 0.3 is 0 Å². The van der Waals surface area contributed by atoms with Crippen LogP contribution < -0.4 is 5.32 Å². The predicted molar refractivity (Wildman–Crippen MR) is 59.5 cm³/mol. The van der Waals surface area contributed by atoms with E-state index < -0.39 is 0 Å². The highest BCUT2D eigenvalue weighted by atomic mass is 16.1. The van der Waals surface area contributed by atoms with E-state index in [0.717, 1.165) is 25.8 Å². The Bertz CT molecular complexity index is 339. The number of aryl methyl sites for hydroxylation is 1. The van der Waals surface area contributed by atoms with Crippen LogP contribution in [0.25, 0.3) is 0 Å². The molecule has 0 saturated heterocycles. The standard InChI is InChI=1S/C12H18N2O/c1-14-8-6-10(9-14)5-7-13-12(15)11-3-2-4-11/h6,8-9,11H,2-5,7H2,1H3,(H,13,15). The molecule has 82 valence electrons. The van der Waals surface area contributed by atoms with Crippen molar-refractivity contribution in [1.29, 1.82) is 0 Å². The van der Waals surface area contributed by atoms with Gasteiger partial charge in [-0.05, 0) is 30.9 Å². The highest BCUT2D eigenvalue weighted by Gasteiger charge is 2.24. The molecule has 0 bridgehead atoms. The molecular formula is C12H18N2O. The Kier molecular flexibility index (Phi) is 3.09. The average Bonchev–Trinajstić information content (AvgIpc) is 2.48. The van der Waals surface area contributed by atoms with Gasteiger partial charge in [0.15, 0.2) is 0 Å². The van der Waals surface area contributed by atoms with Crippen molar-refractivity contribution in [3.63, 3.8) is 0 Å². The fourth-order valence-corrected chi connectivity index (χ4v) is 1.85. The van der Waals surface area contributed by atoms with E-state index >= 15 is 0 Å². The molecule has 1 aromatic heterocycles. The van der Waals surface area contributed by atoms with Crippen molar-refractivity contribution in [2.24, 2.45) is 13.0 Å². The number of carbonyl (C=O) groups is 1. The molecule has 1 aliphatic carbocycles. The lowest BCUT2D eigenvalue weighted by atomic mass is 9.85. The van der Waals surface area contributed by atoms with Crippen LogP contribution in [0.5, 0.6) is 0 Å². The van der Waals surface area contributed by atoms with Crippen LogP contribution in [-0.2, 0) is 18.3 Å². The number of hydrogen-bond acceptors (Lipinski definition) is 1. The maximum absolute atomic E-state index is 11.5. The van der Waals surface area contributed by atoms with Crippen LogP contribution in [0.4, 0.5) is 0 Å². The molecule has 2 rings (SSSR count). The van der Waals surface area contributed by atoms with Crippen molar-refractivity contribution in [2.45, 2.75) is 25.7 Å². The molecule has 1 saturated carbocycles. The summed E-state index contributed by atoms with van der Waals surface area (Å²) in [6.07, 6.45) is 8.43. The maximum atomic E-state index is 11.5. The SMILES string of the molecule is Cn1ccc(CCNC(=O)C2CCC2)c1. The van der Waals surface area contributed by atoms with Crippen molar-refractivity contribution < 1.29 is 4.79 Å². The van der Waals surface area contributed by atoms with Crippen molar-refractivity contribution in [1.82, 2.24) is 9.88 Å². The zero-order chi connectivity index (χ0) is 10.7. The molecule has 1 fully saturated rings.